The molecule has 0 aliphatic carbocycles. The van der Waals surface area contributed by atoms with Gasteiger partial charge in [0.05, 0.1) is 12.3 Å². The summed E-state index contributed by atoms with van der Waals surface area (Å²) in [5, 5.41) is 2.64. The molecule has 2 N–H and O–H groups in total. The zero-order chi connectivity index (χ0) is 17.9. The minimum atomic E-state index is -3.41. The van der Waals surface area contributed by atoms with Crippen LogP contribution in [0.2, 0.25) is 0 Å². The summed E-state index contributed by atoms with van der Waals surface area (Å²) in [4.78, 5) is 12.1. The third-order valence-corrected chi connectivity index (χ3v) is 3.83. The van der Waals surface area contributed by atoms with E-state index in [1.165, 1.54) is 6.07 Å². The Kier molecular flexibility index (Phi) is 5.18. The molecule has 5 nitrogen and oxygen atoms in total. The molecular weight excluding hydrogens is 338 g/mol. The number of hydrogen-bond donors (Lipinski definition) is 2. The van der Waals surface area contributed by atoms with Crippen LogP contribution >= 0.6 is 0 Å². The molecule has 2 aromatic carbocycles. The number of sulfonamides is 1. The number of halogens is 2. The molecule has 0 unspecified atom stereocenters. The SMILES string of the molecule is C[C@H](NC(=O)c1ccc(F)c(F)c1)c1cccc(NS(C)(=O)=O)c1. The second-order valence-corrected chi connectivity index (χ2v) is 7.07. The highest BCUT2D eigenvalue weighted by atomic mass is 32.2. The number of nitrogens with one attached hydrogen (secondary N) is 2. The Hall–Kier alpha value is -2.48. The molecule has 0 saturated carbocycles. The highest BCUT2D eigenvalue weighted by molar-refractivity contribution is 7.92. The van der Waals surface area contributed by atoms with Gasteiger partial charge < -0.3 is 5.32 Å². The summed E-state index contributed by atoms with van der Waals surface area (Å²) in [6.45, 7) is 1.69. The molecule has 24 heavy (non-hydrogen) atoms. The van der Waals surface area contributed by atoms with Crippen LogP contribution in [-0.4, -0.2) is 20.6 Å². The van der Waals surface area contributed by atoms with Crippen LogP contribution in [0.15, 0.2) is 42.5 Å². The zero-order valence-electron chi connectivity index (χ0n) is 13.0. The van der Waals surface area contributed by atoms with Crippen LogP contribution in [0.1, 0.15) is 28.9 Å². The van der Waals surface area contributed by atoms with Crippen LogP contribution < -0.4 is 10.0 Å². The van der Waals surface area contributed by atoms with Crippen molar-refractivity contribution in [2.24, 2.45) is 0 Å². The maximum atomic E-state index is 13.2. The highest BCUT2D eigenvalue weighted by Gasteiger charge is 2.14. The van der Waals surface area contributed by atoms with E-state index >= 15 is 0 Å². The lowest BCUT2D eigenvalue weighted by atomic mass is 10.1. The van der Waals surface area contributed by atoms with E-state index in [9.17, 15) is 22.0 Å². The van der Waals surface area contributed by atoms with Crippen molar-refractivity contribution in [1.82, 2.24) is 5.32 Å². The van der Waals surface area contributed by atoms with Crippen LogP contribution in [0, 0.1) is 11.6 Å². The fourth-order valence-electron chi connectivity index (χ4n) is 2.09. The van der Waals surface area contributed by atoms with Crippen LogP contribution in [0.25, 0.3) is 0 Å². The van der Waals surface area contributed by atoms with Gasteiger partial charge >= 0.3 is 0 Å². The Balaban J connectivity index is 2.14. The van der Waals surface area contributed by atoms with Gasteiger partial charge in [-0.15, -0.1) is 0 Å². The number of anilines is 1. The predicted octanol–water partition coefficient (Wildman–Crippen LogP) is 2.83. The van der Waals surface area contributed by atoms with Gasteiger partial charge in [-0.1, -0.05) is 12.1 Å². The molecule has 0 saturated heterocycles. The summed E-state index contributed by atoms with van der Waals surface area (Å²) in [7, 11) is -3.41. The third kappa shape index (κ3) is 4.76. The van der Waals surface area contributed by atoms with Crippen molar-refractivity contribution in [3.05, 3.63) is 65.2 Å². The molecule has 2 aromatic rings. The van der Waals surface area contributed by atoms with E-state index in [4.69, 9.17) is 0 Å². The van der Waals surface area contributed by atoms with Gasteiger partial charge in [0.15, 0.2) is 11.6 Å². The summed E-state index contributed by atoms with van der Waals surface area (Å²) >= 11 is 0. The molecule has 0 aliphatic rings. The minimum Gasteiger partial charge on any atom is -0.346 e. The van der Waals surface area contributed by atoms with Crippen molar-refractivity contribution >= 4 is 21.6 Å². The first-order valence-corrected chi connectivity index (χ1v) is 8.88. The lowest BCUT2D eigenvalue weighted by Gasteiger charge is -2.16. The number of carbonyl (C=O) groups excluding carboxylic acids is 1. The Bertz CT molecular complexity index is 869. The molecule has 0 heterocycles. The van der Waals surface area contributed by atoms with Gasteiger partial charge in [0.25, 0.3) is 5.91 Å². The van der Waals surface area contributed by atoms with Crippen molar-refractivity contribution in [3.63, 3.8) is 0 Å². The molecule has 128 valence electrons. The van der Waals surface area contributed by atoms with Gasteiger partial charge in [-0.3, -0.25) is 9.52 Å². The molecule has 0 aliphatic heterocycles. The Labute approximate surface area is 138 Å². The fraction of sp³-hybridized carbons (Fsp3) is 0.188. The van der Waals surface area contributed by atoms with Gasteiger partial charge in [0.1, 0.15) is 0 Å². The summed E-state index contributed by atoms with van der Waals surface area (Å²) in [6, 6.07) is 8.93. The predicted molar refractivity (Wildman–Crippen MR) is 87.1 cm³/mol. The largest absolute Gasteiger partial charge is 0.346 e. The van der Waals surface area contributed by atoms with Crippen molar-refractivity contribution in [1.29, 1.82) is 0 Å². The molecule has 0 spiro atoms. The molecule has 1 atom stereocenters. The van der Waals surface area contributed by atoms with Crippen molar-refractivity contribution < 1.29 is 22.0 Å². The molecule has 0 radical (unpaired) electrons. The Morgan fingerprint density at radius 1 is 1.08 bits per heavy atom. The first kappa shape index (κ1) is 17.9. The number of hydrogen-bond acceptors (Lipinski definition) is 3. The molecule has 8 heteroatoms. The zero-order valence-corrected chi connectivity index (χ0v) is 13.8. The van der Waals surface area contributed by atoms with Crippen molar-refractivity contribution in [2.75, 3.05) is 11.0 Å². The Morgan fingerprint density at radius 2 is 1.79 bits per heavy atom. The van der Waals surface area contributed by atoms with Gasteiger partial charge in [-0.2, -0.15) is 0 Å². The second-order valence-electron chi connectivity index (χ2n) is 5.32. The summed E-state index contributed by atoms with van der Waals surface area (Å²) in [5.41, 5.74) is 1.01. The van der Waals surface area contributed by atoms with Crippen LogP contribution in [0.4, 0.5) is 14.5 Å². The first-order chi connectivity index (χ1) is 11.2. The summed E-state index contributed by atoms with van der Waals surface area (Å²) in [5.74, 6) is -2.70. The molecule has 0 fully saturated rings. The van der Waals surface area contributed by atoms with Gasteiger partial charge in [0, 0.05) is 11.3 Å². The highest BCUT2D eigenvalue weighted by Crippen LogP contribution is 2.19. The third-order valence-electron chi connectivity index (χ3n) is 3.22. The fourth-order valence-corrected chi connectivity index (χ4v) is 2.64. The van der Waals surface area contributed by atoms with E-state index in [-0.39, 0.29) is 5.56 Å². The van der Waals surface area contributed by atoms with Crippen molar-refractivity contribution in [3.8, 4) is 0 Å². The van der Waals surface area contributed by atoms with E-state index in [0.29, 0.717) is 11.3 Å². The lowest BCUT2D eigenvalue weighted by molar-refractivity contribution is 0.0939. The minimum absolute atomic E-state index is 0.00818. The average Bonchev–Trinajstić information content (AvgIpc) is 2.48. The normalized spacial score (nSPS) is 12.5. The summed E-state index contributed by atoms with van der Waals surface area (Å²) in [6.07, 6.45) is 1.04. The van der Waals surface area contributed by atoms with Gasteiger partial charge in [-0.25, -0.2) is 17.2 Å². The van der Waals surface area contributed by atoms with Gasteiger partial charge in [0.2, 0.25) is 10.0 Å². The number of carbonyl (C=O) groups is 1. The molecule has 0 aromatic heterocycles. The van der Waals surface area contributed by atoms with E-state index in [1.54, 1.807) is 31.2 Å². The first-order valence-electron chi connectivity index (χ1n) is 6.99. The maximum Gasteiger partial charge on any atom is 0.251 e. The monoisotopic (exact) mass is 354 g/mol. The second kappa shape index (κ2) is 6.96. The smallest absolute Gasteiger partial charge is 0.251 e. The lowest BCUT2D eigenvalue weighted by Crippen LogP contribution is -2.26. The number of amides is 1. The molecule has 0 bridgehead atoms. The van der Waals surface area contributed by atoms with Crippen LogP contribution in [0.3, 0.4) is 0 Å². The van der Waals surface area contributed by atoms with Crippen molar-refractivity contribution in [2.45, 2.75) is 13.0 Å². The number of rotatable bonds is 5. The molecular formula is C16H16F2N2O3S. The molecule has 1 amide bonds. The quantitative estimate of drug-likeness (QED) is 0.867. The number of benzene rings is 2. The van der Waals surface area contributed by atoms with E-state index in [1.807, 2.05) is 0 Å². The summed E-state index contributed by atoms with van der Waals surface area (Å²) < 4.78 is 51.0. The molecule has 2 rings (SSSR count). The van der Waals surface area contributed by atoms with Crippen LogP contribution in [-0.2, 0) is 10.0 Å². The topological polar surface area (TPSA) is 75.3 Å². The van der Waals surface area contributed by atoms with Crippen LogP contribution in [0.5, 0.6) is 0 Å². The van der Waals surface area contributed by atoms with Gasteiger partial charge in [-0.05, 0) is 42.8 Å². The van der Waals surface area contributed by atoms with E-state index < -0.39 is 33.6 Å². The average molecular weight is 354 g/mol. The standard InChI is InChI=1S/C16H16F2N2O3S/c1-10(11-4-3-5-13(8-11)20-24(2,22)23)19-16(21)12-6-7-14(17)15(18)9-12/h3-10,20H,1-2H3,(H,19,21)/t10-/m0/s1. The van der Waals surface area contributed by atoms with E-state index in [2.05, 4.69) is 10.0 Å². The van der Waals surface area contributed by atoms with E-state index in [0.717, 1.165) is 18.4 Å². The Morgan fingerprint density at radius 3 is 2.42 bits per heavy atom. The maximum absolute atomic E-state index is 13.2.